The Morgan fingerprint density at radius 1 is 1.22 bits per heavy atom. The Balaban J connectivity index is 1.88. The Bertz CT molecular complexity index is 405. The third-order valence-corrected chi connectivity index (χ3v) is 3.24. The van der Waals surface area contributed by atoms with E-state index in [0.717, 1.165) is 12.3 Å². The third kappa shape index (κ3) is 4.05. The largest absolute Gasteiger partial charge is 0.493 e. The Morgan fingerprint density at radius 2 is 2.06 bits per heavy atom. The van der Waals surface area contributed by atoms with Crippen molar-refractivity contribution in [3.05, 3.63) is 29.8 Å². The Labute approximate surface area is 109 Å². The first-order chi connectivity index (χ1) is 8.88. The second-order valence-electron chi connectivity index (χ2n) is 4.74. The highest BCUT2D eigenvalue weighted by molar-refractivity contribution is 5.28. The summed E-state index contributed by atoms with van der Waals surface area (Å²) in [5.74, 6) is 0.875. The van der Waals surface area contributed by atoms with Crippen molar-refractivity contribution in [1.82, 2.24) is 4.90 Å². The smallest absolute Gasteiger partial charge is 0.119 e. The minimum atomic E-state index is 0.441. The van der Waals surface area contributed by atoms with E-state index in [1.807, 2.05) is 12.1 Å². The topological polar surface area (TPSA) is 36.3 Å². The monoisotopic (exact) mass is 244 g/mol. The summed E-state index contributed by atoms with van der Waals surface area (Å²) < 4.78 is 5.54. The molecule has 1 saturated heterocycles. The lowest BCUT2D eigenvalue weighted by atomic mass is 10.1. The molecule has 1 aliphatic rings. The average molecular weight is 244 g/mol. The normalized spacial score (nSPS) is 16.2. The number of likely N-dealkylation sites (tertiary alicyclic amines) is 1. The standard InChI is InChI=1S/C15H20N2O/c16-8-5-11-18-15-7-4-6-14(12-15)13-17-9-2-1-3-10-17/h4,6-7,12H,1-3,5,9-11,13H2. The zero-order chi connectivity index (χ0) is 12.6. The predicted molar refractivity (Wildman–Crippen MR) is 71.3 cm³/mol. The van der Waals surface area contributed by atoms with Gasteiger partial charge in [-0.25, -0.2) is 0 Å². The summed E-state index contributed by atoms with van der Waals surface area (Å²) in [5, 5.41) is 8.48. The van der Waals surface area contributed by atoms with Crippen LogP contribution >= 0.6 is 0 Å². The molecule has 18 heavy (non-hydrogen) atoms. The van der Waals surface area contributed by atoms with Crippen LogP contribution in [0.2, 0.25) is 0 Å². The van der Waals surface area contributed by atoms with Gasteiger partial charge >= 0.3 is 0 Å². The SMILES string of the molecule is N#CCCOc1cccc(CN2CCCCC2)c1. The Hall–Kier alpha value is -1.53. The third-order valence-electron chi connectivity index (χ3n) is 3.24. The van der Waals surface area contributed by atoms with E-state index in [1.54, 1.807) is 0 Å². The van der Waals surface area contributed by atoms with Crippen LogP contribution in [0.15, 0.2) is 24.3 Å². The minimum Gasteiger partial charge on any atom is -0.493 e. The highest BCUT2D eigenvalue weighted by Gasteiger charge is 2.10. The molecule has 1 aliphatic heterocycles. The van der Waals surface area contributed by atoms with Crippen molar-refractivity contribution in [2.45, 2.75) is 32.2 Å². The molecule has 0 bridgehead atoms. The molecule has 96 valence electrons. The molecule has 0 amide bonds. The molecule has 0 aliphatic carbocycles. The molecule has 0 unspecified atom stereocenters. The van der Waals surface area contributed by atoms with Crippen LogP contribution < -0.4 is 4.74 Å². The van der Waals surface area contributed by atoms with Crippen LogP contribution in [0.4, 0.5) is 0 Å². The van der Waals surface area contributed by atoms with Gasteiger partial charge in [0.25, 0.3) is 0 Å². The molecule has 1 heterocycles. The number of nitriles is 1. The maximum absolute atomic E-state index is 8.48. The van der Waals surface area contributed by atoms with Crippen LogP contribution in [-0.2, 0) is 6.54 Å². The fourth-order valence-electron chi connectivity index (χ4n) is 2.32. The van der Waals surface area contributed by atoms with Crippen LogP contribution in [0, 0.1) is 11.3 Å². The number of hydrogen-bond acceptors (Lipinski definition) is 3. The van der Waals surface area contributed by atoms with E-state index in [2.05, 4.69) is 23.1 Å². The first-order valence-electron chi connectivity index (χ1n) is 6.69. The molecule has 0 aromatic heterocycles. The number of piperidine rings is 1. The van der Waals surface area contributed by atoms with Crippen molar-refractivity contribution in [3.63, 3.8) is 0 Å². The molecule has 0 atom stereocenters. The van der Waals surface area contributed by atoms with Crippen molar-refractivity contribution < 1.29 is 4.74 Å². The number of ether oxygens (including phenoxy) is 1. The summed E-state index contributed by atoms with van der Waals surface area (Å²) in [7, 11) is 0. The van der Waals surface area contributed by atoms with Gasteiger partial charge in [0.1, 0.15) is 12.4 Å². The average Bonchev–Trinajstić information content (AvgIpc) is 2.41. The van der Waals surface area contributed by atoms with Gasteiger partial charge in [-0.05, 0) is 43.6 Å². The Kier molecular flexibility index (Phi) is 5.04. The van der Waals surface area contributed by atoms with Crippen LogP contribution in [-0.4, -0.2) is 24.6 Å². The summed E-state index contributed by atoms with van der Waals surface area (Å²) in [6.07, 6.45) is 4.45. The first kappa shape index (κ1) is 12.9. The molecule has 1 aromatic rings. The van der Waals surface area contributed by atoms with Crippen LogP contribution in [0.1, 0.15) is 31.2 Å². The van der Waals surface area contributed by atoms with Gasteiger partial charge in [-0.2, -0.15) is 5.26 Å². The summed E-state index contributed by atoms with van der Waals surface area (Å²) in [4.78, 5) is 2.50. The van der Waals surface area contributed by atoms with Crippen LogP contribution in [0.25, 0.3) is 0 Å². The maximum Gasteiger partial charge on any atom is 0.119 e. The van der Waals surface area contributed by atoms with E-state index in [-0.39, 0.29) is 0 Å². The van der Waals surface area contributed by atoms with E-state index in [9.17, 15) is 0 Å². The molecule has 0 radical (unpaired) electrons. The van der Waals surface area contributed by atoms with Gasteiger partial charge in [-0.3, -0.25) is 4.90 Å². The van der Waals surface area contributed by atoms with Crippen molar-refractivity contribution in [1.29, 1.82) is 5.26 Å². The van der Waals surface area contributed by atoms with Gasteiger partial charge in [-0.15, -0.1) is 0 Å². The lowest BCUT2D eigenvalue weighted by Crippen LogP contribution is -2.29. The molecule has 0 saturated carbocycles. The van der Waals surface area contributed by atoms with Crippen molar-refractivity contribution in [2.24, 2.45) is 0 Å². The van der Waals surface area contributed by atoms with Crippen LogP contribution in [0.3, 0.4) is 0 Å². The van der Waals surface area contributed by atoms with Gasteiger partial charge in [0.05, 0.1) is 12.5 Å². The highest BCUT2D eigenvalue weighted by Crippen LogP contribution is 2.17. The second kappa shape index (κ2) is 7.03. The molecule has 3 heteroatoms. The fourth-order valence-corrected chi connectivity index (χ4v) is 2.32. The van der Waals surface area contributed by atoms with E-state index in [0.29, 0.717) is 13.0 Å². The zero-order valence-corrected chi connectivity index (χ0v) is 10.8. The molecule has 3 nitrogen and oxygen atoms in total. The van der Waals surface area contributed by atoms with Gasteiger partial charge in [0.2, 0.25) is 0 Å². The highest BCUT2D eigenvalue weighted by atomic mass is 16.5. The summed E-state index contributed by atoms with van der Waals surface area (Å²) in [5.41, 5.74) is 1.30. The summed E-state index contributed by atoms with van der Waals surface area (Å²) >= 11 is 0. The molecular formula is C15H20N2O. The van der Waals surface area contributed by atoms with E-state index < -0.39 is 0 Å². The Morgan fingerprint density at radius 3 is 2.83 bits per heavy atom. The van der Waals surface area contributed by atoms with E-state index in [1.165, 1.54) is 37.9 Å². The maximum atomic E-state index is 8.48. The fraction of sp³-hybridized carbons (Fsp3) is 0.533. The van der Waals surface area contributed by atoms with E-state index in [4.69, 9.17) is 10.00 Å². The molecular weight excluding hydrogens is 224 g/mol. The number of hydrogen-bond donors (Lipinski definition) is 0. The minimum absolute atomic E-state index is 0.441. The van der Waals surface area contributed by atoms with Crippen LogP contribution in [0.5, 0.6) is 5.75 Å². The molecule has 1 fully saturated rings. The molecule has 0 N–H and O–H groups in total. The first-order valence-corrected chi connectivity index (χ1v) is 6.69. The van der Waals surface area contributed by atoms with Crippen molar-refractivity contribution in [3.8, 4) is 11.8 Å². The zero-order valence-electron chi connectivity index (χ0n) is 10.8. The van der Waals surface area contributed by atoms with Crippen molar-refractivity contribution >= 4 is 0 Å². The summed E-state index contributed by atoms with van der Waals surface area (Å²) in [6, 6.07) is 10.3. The molecule has 1 aromatic carbocycles. The van der Waals surface area contributed by atoms with Gasteiger partial charge in [-0.1, -0.05) is 18.6 Å². The lowest BCUT2D eigenvalue weighted by Gasteiger charge is -2.26. The van der Waals surface area contributed by atoms with Gasteiger partial charge < -0.3 is 4.74 Å². The lowest BCUT2D eigenvalue weighted by molar-refractivity contribution is 0.220. The summed E-state index contributed by atoms with van der Waals surface area (Å²) in [6.45, 7) is 3.90. The van der Waals surface area contributed by atoms with Crippen molar-refractivity contribution in [2.75, 3.05) is 19.7 Å². The quantitative estimate of drug-likeness (QED) is 0.747. The predicted octanol–water partition coefficient (Wildman–Crippen LogP) is 2.96. The number of rotatable bonds is 5. The van der Waals surface area contributed by atoms with Gasteiger partial charge in [0, 0.05) is 6.54 Å². The van der Waals surface area contributed by atoms with Gasteiger partial charge in [0.15, 0.2) is 0 Å². The molecule has 0 spiro atoms. The number of nitrogens with zero attached hydrogens (tertiary/aromatic N) is 2. The number of benzene rings is 1. The second-order valence-corrected chi connectivity index (χ2v) is 4.74. The van der Waals surface area contributed by atoms with E-state index >= 15 is 0 Å². The molecule has 2 rings (SSSR count).